The number of pyridine rings is 1. The van der Waals surface area contributed by atoms with Gasteiger partial charge in [0, 0.05) is 6.20 Å². The minimum atomic E-state index is -3.80. The van der Waals surface area contributed by atoms with Crippen molar-refractivity contribution in [2.75, 3.05) is 11.9 Å². The molecule has 2 aromatic rings. The third-order valence-electron chi connectivity index (χ3n) is 3.39. The Morgan fingerprint density at radius 3 is 2.44 bits per heavy atom. The number of anilines is 1. The lowest BCUT2D eigenvalue weighted by Crippen LogP contribution is -2.27. The van der Waals surface area contributed by atoms with E-state index < -0.39 is 21.8 Å². The second-order valence-corrected chi connectivity index (χ2v) is 8.63. The summed E-state index contributed by atoms with van der Waals surface area (Å²) in [6.45, 7) is 7.16. The minimum Gasteiger partial charge on any atom is -0.444 e. The fourth-order valence-corrected chi connectivity index (χ4v) is 3.06. The first kappa shape index (κ1) is 20.9. The van der Waals surface area contributed by atoms with Crippen molar-refractivity contribution >= 4 is 22.0 Å². The smallest absolute Gasteiger partial charge is 0.413 e. The van der Waals surface area contributed by atoms with Crippen LogP contribution in [-0.2, 0) is 25.5 Å². The lowest BCUT2D eigenvalue weighted by atomic mass is 10.2. The molecule has 7 nitrogen and oxygen atoms in total. The Balaban J connectivity index is 1.93. The van der Waals surface area contributed by atoms with Crippen LogP contribution < -0.4 is 5.32 Å². The maximum Gasteiger partial charge on any atom is 0.413 e. The first-order valence-electron chi connectivity index (χ1n) is 8.46. The van der Waals surface area contributed by atoms with E-state index in [2.05, 4.69) is 10.3 Å². The average Bonchev–Trinajstić information content (AvgIpc) is 2.53. The average molecular weight is 392 g/mol. The fourth-order valence-electron chi connectivity index (χ4n) is 2.15. The molecule has 0 radical (unpaired) electrons. The SMILES string of the molecule is Cc1ccc(S(=O)(=O)OCCc2ccnc(NC(=O)OC(C)(C)C)c2)cc1. The van der Waals surface area contributed by atoms with Crippen molar-refractivity contribution in [1.29, 1.82) is 0 Å². The number of ether oxygens (including phenoxy) is 1. The third-order valence-corrected chi connectivity index (χ3v) is 4.72. The van der Waals surface area contributed by atoms with E-state index in [4.69, 9.17) is 8.92 Å². The molecule has 0 aliphatic carbocycles. The highest BCUT2D eigenvalue weighted by atomic mass is 32.2. The van der Waals surface area contributed by atoms with Gasteiger partial charge < -0.3 is 4.74 Å². The van der Waals surface area contributed by atoms with E-state index in [1.165, 1.54) is 18.3 Å². The zero-order valence-corrected chi connectivity index (χ0v) is 16.7. The van der Waals surface area contributed by atoms with Gasteiger partial charge in [0.1, 0.15) is 11.4 Å². The number of hydrogen-bond donors (Lipinski definition) is 1. The first-order chi connectivity index (χ1) is 12.5. The number of amides is 1. The summed E-state index contributed by atoms with van der Waals surface area (Å²) >= 11 is 0. The molecule has 8 heteroatoms. The number of benzene rings is 1. The van der Waals surface area contributed by atoms with E-state index >= 15 is 0 Å². The van der Waals surface area contributed by atoms with Gasteiger partial charge >= 0.3 is 6.09 Å². The van der Waals surface area contributed by atoms with Crippen LogP contribution >= 0.6 is 0 Å². The van der Waals surface area contributed by atoms with Crippen LogP contribution in [0.5, 0.6) is 0 Å². The predicted molar refractivity (Wildman–Crippen MR) is 102 cm³/mol. The van der Waals surface area contributed by atoms with Crippen LogP contribution in [-0.4, -0.2) is 31.7 Å². The summed E-state index contributed by atoms with van der Waals surface area (Å²) in [4.78, 5) is 16.0. The van der Waals surface area contributed by atoms with Gasteiger partial charge in [0.2, 0.25) is 0 Å². The molecule has 1 N–H and O–H groups in total. The van der Waals surface area contributed by atoms with Crippen molar-refractivity contribution in [3.8, 4) is 0 Å². The number of aryl methyl sites for hydroxylation is 1. The van der Waals surface area contributed by atoms with Crippen LogP contribution in [0.4, 0.5) is 10.6 Å². The van der Waals surface area contributed by atoms with Crippen LogP contribution in [0.3, 0.4) is 0 Å². The summed E-state index contributed by atoms with van der Waals surface area (Å²) in [5.41, 5.74) is 1.13. The molecule has 1 aromatic heterocycles. The monoisotopic (exact) mass is 392 g/mol. The number of rotatable bonds is 6. The van der Waals surface area contributed by atoms with Crippen LogP contribution in [0.15, 0.2) is 47.5 Å². The van der Waals surface area contributed by atoms with Crippen LogP contribution in [0.25, 0.3) is 0 Å². The molecule has 27 heavy (non-hydrogen) atoms. The lowest BCUT2D eigenvalue weighted by molar-refractivity contribution is 0.0635. The summed E-state index contributed by atoms with van der Waals surface area (Å²) in [7, 11) is -3.80. The van der Waals surface area contributed by atoms with Gasteiger partial charge in [-0.1, -0.05) is 17.7 Å². The number of nitrogens with zero attached hydrogens (tertiary/aromatic N) is 1. The summed E-state index contributed by atoms with van der Waals surface area (Å²) in [6.07, 6.45) is 1.26. The molecule has 1 amide bonds. The van der Waals surface area contributed by atoms with Gasteiger partial charge in [-0.25, -0.2) is 9.78 Å². The maximum atomic E-state index is 12.2. The van der Waals surface area contributed by atoms with Gasteiger partial charge in [-0.3, -0.25) is 9.50 Å². The molecule has 0 spiro atoms. The Hall–Kier alpha value is -2.45. The molecule has 0 aliphatic heterocycles. The molecule has 2 rings (SSSR count). The third kappa shape index (κ3) is 6.99. The highest BCUT2D eigenvalue weighted by molar-refractivity contribution is 7.86. The van der Waals surface area contributed by atoms with Crippen molar-refractivity contribution in [3.63, 3.8) is 0 Å². The first-order valence-corrected chi connectivity index (χ1v) is 9.87. The predicted octanol–water partition coefficient (Wildman–Crippen LogP) is 3.69. The number of aromatic nitrogens is 1. The molecule has 0 unspecified atom stereocenters. The van der Waals surface area contributed by atoms with Gasteiger partial charge in [-0.15, -0.1) is 0 Å². The van der Waals surface area contributed by atoms with Crippen LogP contribution in [0.1, 0.15) is 31.9 Å². The largest absolute Gasteiger partial charge is 0.444 e. The van der Waals surface area contributed by atoms with Gasteiger partial charge in [0.15, 0.2) is 0 Å². The molecule has 0 atom stereocenters. The second-order valence-electron chi connectivity index (χ2n) is 7.02. The quantitative estimate of drug-likeness (QED) is 0.754. The zero-order valence-electron chi connectivity index (χ0n) is 15.9. The van der Waals surface area contributed by atoms with Gasteiger partial charge in [0.25, 0.3) is 10.1 Å². The molecule has 0 aliphatic rings. The minimum absolute atomic E-state index is 0.0217. The Kier molecular flexibility index (Phi) is 6.56. The molecular formula is C19H24N2O5S. The van der Waals surface area contributed by atoms with Gasteiger partial charge in [0.05, 0.1) is 11.5 Å². The summed E-state index contributed by atoms with van der Waals surface area (Å²) in [5.74, 6) is 0.322. The summed E-state index contributed by atoms with van der Waals surface area (Å²) < 4.78 is 34.6. The van der Waals surface area contributed by atoms with Crippen molar-refractivity contribution < 1.29 is 22.1 Å². The molecule has 0 fully saturated rings. The van der Waals surface area contributed by atoms with E-state index in [9.17, 15) is 13.2 Å². The van der Waals surface area contributed by atoms with Crippen molar-refractivity contribution in [3.05, 3.63) is 53.7 Å². The summed E-state index contributed by atoms with van der Waals surface area (Å²) in [6, 6.07) is 9.83. The molecule has 0 bridgehead atoms. The fraction of sp³-hybridized carbons (Fsp3) is 0.368. The highest BCUT2D eigenvalue weighted by Gasteiger charge is 2.17. The topological polar surface area (TPSA) is 94.6 Å². The van der Waals surface area contributed by atoms with Crippen molar-refractivity contribution in [1.82, 2.24) is 4.98 Å². The molecule has 1 aromatic carbocycles. The Bertz CT molecular complexity index is 887. The van der Waals surface area contributed by atoms with Gasteiger partial charge in [-0.05, 0) is 63.9 Å². The van der Waals surface area contributed by atoms with Crippen LogP contribution in [0, 0.1) is 6.92 Å². The molecule has 146 valence electrons. The Morgan fingerprint density at radius 2 is 1.81 bits per heavy atom. The molecular weight excluding hydrogens is 368 g/mol. The highest BCUT2D eigenvalue weighted by Crippen LogP contribution is 2.15. The number of hydrogen-bond acceptors (Lipinski definition) is 6. The number of carbonyl (C=O) groups is 1. The molecule has 0 saturated carbocycles. The lowest BCUT2D eigenvalue weighted by Gasteiger charge is -2.19. The molecule has 1 heterocycles. The Labute approximate surface area is 159 Å². The standard InChI is InChI=1S/C19H24N2O5S/c1-14-5-7-16(8-6-14)27(23,24)25-12-10-15-9-11-20-17(13-15)21-18(22)26-19(2,3)4/h5-9,11,13H,10,12H2,1-4H3,(H,20,21,22). The molecule has 0 saturated heterocycles. The van der Waals surface area contributed by atoms with E-state index in [1.807, 2.05) is 6.92 Å². The zero-order chi connectivity index (χ0) is 20.1. The van der Waals surface area contributed by atoms with Crippen molar-refractivity contribution in [2.24, 2.45) is 0 Å². The van der Waals surface area contributed by atoms with E-state index in [0.717, 1.165) is 11.1 Å². The number of nitrogens with one attached hydrogen (secondary N) is 1. The normalized spacial score (nSPS) is 11.9. The second kappa shape index (κ2) is 8.49. The Morgan fingerprint density at radius 1 is 1.15 bits per heavy atom. The van der Waals surface area contributed by atoms with E-state index in [0.29, 0.717) is 12.2 Å². The summed E-state index contributed by atoms with van der Waals surface area (Å²) in [5, 5.41) is 2.55. The van der Waals surface area contributed by atoms with Crippen molar-refractivity contribution in [2.45, 2.75) is 44.6 Å². The maximum absolute atomic E-state index is 12.2. The van der Waals surface area contributed by atoms with E-state index in [-0.39, 0.29) is 11.5 Å². The van der Waals surface area contributed by atoms with Gasteiger partial charge in [-0.2, -0.15) is 8.42 Å². The van der Waals surface area contributed by atoms with E-state index in [1.54, 1.807) is 45.0 Å². The van der Waals surface area contributed by atoms with Crippen LogP contribution in [0.2, 0.25) is 0 Å². The number of carbonyl (C=O) groups excluding carboxylic acids is 1.